The van der Waals surface area contributed by atoms with Crippen LogP contribution >= 0.6 is 0 Å². The van der Waals surface area contributed by atoms with Crippen molar-refractivity contribution >= 4 is 34.9 Å². The maximum Gasteiger partial charge on any atom is 0.407 e. The summed E-state index contributed by atoms with van der Waals surface area (Å²) in [6, 6.07) is 17.1. The van der Waals surface area contributed by atoms with Crippen LogP contribution in [-0.4, -0.2) is 97.1 Å². The second-order valence-corrected chi connectivity index (χ2v) is 17.7. The molecule has 9 rings (SSSR count). The Hall–Kier alpha value is -6.25. The van der Waals surface area contributed by atoms with Gasteiger partial charge >= 0.3 is 12.2 Å². The Bertz CT molecular complexity index is 2480. The van der Waals surface area contributed by atoms with Crippen molar-refractivity contribution < 1.29 is 28.7 Å². The van der Waals surface area contributed by atoms with Gasteiger partial charge in [0.1, 0.15) is 23.7 Å². The van der Waals surface area contributed by atoms with Crippen LogP contribution in [0.25, 0.3) is 44.7 Å². The quantitative estimate of drug-likeness (QED) is 0.107. The number of alkyl carbamates (subject to hydrolysis) is 2. The first kappa shape index (κ1) is 40.2. The van der Waals surface area contributed by atoms with Crippen molar-refractivity contribution in [1.29, 1.82) is 0 Å². The number of carbonyl (C=O) groups is 4. The van der Waals surface area contributed by atoms with Gasteiger partial charge in [0.2, 0.25) is 11.8 Å². The number of H-pyrrole nitrogens is 2. The van der Waals surface area contributed by atoms with E-state index in [4.69, 9.17) is 24.4 Å². The van der Waals surface area contributed by atoms with Crippen LogP contribution in [0.2, 0.25) is 0 Å². The minimum Gasteiger partial charge on any atom is -0.453 e. The first-order chi connectivity index (χ1) is 29.4. The maximum absolute atomic E-state index is 14.0. The number of fused-ring (bicyclic) bond motifs is 3. The number of nitrogens with zero attached hydrogens (tertiary/aromatic N) is 5. The zero-order valence-corrected chi connectivity index (χ0v) is 35.3. The fourth-order valence-corrected chi connectivity index (χ4v) is 9.71. The van der Waals surface area contributed by atoms with E-state index in [1.165, 1.54) is 14.2 Å². The van der Waals surface area contributed by atoms with Gasteiger partial charge in [0.25, 0.3) is 0 Å². The number of aromatic nitrogens is 5. The third-order valence-electron chi connectivity index (χ3n) is 13.3. The summed E-state index contributed by atoms with van der Waals surface area (Å²) in [6.07, 6.45) is 7.04. The Morgan fingerprint density at radius 1 is 0.656 bits per heavy atom. The summed E-state index contributed by atoms with van der Waals surface area (Å²) in [6.45, 7) is 7.69. The van der Waals surface area contributed by atoms with E-state index in [9.17, 15) is 19.2 Å². The number of pyridine rings is 1. The van der Waals surface area contributed by atoms with Gasteiger partial charge in [0.05, 0.1) is 61.3 Å². The standard InChI is InChI=1S/C46H53N9O6/c1-23(2)39(52-45(58)60-5)43(56)54-35-16-13-29(35)18-37(54)41-47-21-33(50-41)26-9-7-25(8-10-26)27-11-14-31-28(17-27)12-15-32(49-31)34-22-48-42(51-34)38-20-30-19-36(30)55(38)44(57)40(24(3)4)53-46(59)61-6/h7-12,14-15,17,21-24,29-30,35-40H,13,16,18-20H2,1-6H3,(H,47,50)(H,48,51)(H,52,58)(H,53,59)/t29-,30?,35-,36-,37+,38+,39+,40+/m1/s1. The topological polar surface area (TPSA) is 188 Å². The first-order valence-electron chi connectivity index (χ1n) is 21.4. The van der Waals surface area contributed by atoms with Crippen LogP contribution in [-0.2, 0) is 19.1 Å². The Morgan fingerprint density at radius 2 is 1.21 bits per heavy atom. The molecule has 15 nitrogen and oxygen atoms in total. The van der Waals surface area contributed by atoms with Crippen molar-refractivity contribution in [2.45, 2.75) is 96.1 Å². The fraction of sp³-hybridized carbons (Fsp3) is 0.457. The summed E-state index contributed by atoms with van der Waals surface area (Å²) < 4.78 is 9.63. The van der Waals surface area contributed by atoms with E-state index < -0.39 is 24.3 Å². The summed E-state index contributed by atoms with van der Waals surface area (Å²) in [7, 11) is 2.60. The molecule has 4 amide bonds. The molecule has 4 aliphatic rings. The fourth-order valence-electron chi connectivity index (χ4n) is 9.71. The summed E-state index contributed by atoms with van der Waals surface area (Å²) >= 11 is 0. The normalized spacial score (nSPS) is 23.6. The van der Waals surface area contributed by atoms with E-state index in [0.29, 0.717) is 11.8 Å². The van der Waals surface area contributed by atoms with Crippen LogP contribution in [0, 0.1) is 23.7 Å². The Balaban J connectivity index is 0.885. The van der Waals surface area contributed by atoms with Gasteiger partial charge in [-0.2, -0.15) is 0 Å². The lowest BCUT2D eigenvalue weighted by Gasteiger charge is -2.39. The Morgan fingerprint density at radius 3 is 1.80 bits per heavy atom. The van der Waals surface area contributed by atoms with E-state index in [-0.39, 0.29) is 47.8 Å². The van der Waals surface area contributed by atoms with Gasteiger partial charge in [0, 0.05) is 17.5 Å². The molecule has 5 heterocycles. The molecule has 4 fully saturated rings. The van der Waals surface area contributed by atoms with Crippen molar-refractivity contribution in [3.8, 4) is 33.8 Å². The average Bonchev–Trinajstić information content (AvgIpc) is 3.66. The number of hydrogen-bond donors (Lipinski definition) is 4. The van der Waals surface area contributed by atoms with Crippen LogP contribution in [0.1, 0.15) is 83.5 Å². The molecule has 2 aromatic carbocycles. The van der Waals surface area contributed by atoms with Gasteiger partial charge < -0.3 is 39.9 Å². The van der Waals surface area contributed by atoms with Crippen molar-refractivity contribution in [1.82, 2.24) is 45.4 Å². The molecule has 8 atom stereocenters. The van der Waals surface area contributed by atoms with Crippen LogP contribution < -0.4 is 10.6 Å². The molecule has 0 radical (unpaired) electrons. The van der Waals surface area contributed by atoms with Gasteiger partial charge in [-0.3, -0.25) is 9.59 Å². The molecule has 4 N–H and O–H groups in total. The first-order valence-corrected chi connectivity index (χ1v) is 21.4. The number of amides is 4. The molecule has 2 aliphatic heterocycles. The lowest BCUT2D eigenvalue weighted by Crippen LogP contribution is -2.54. The molecule has 61 heavy (non-hydrogen) atoms. The van der Waals surface area contributed by atoms with Crippen molar-refractivity contribution in [2.75, 3.05) is 14.2 Å². The van der Waals surface area contributed by atoms with Gasteiger partial charge in [0.15, 0.2) is 0 Å². The number of benzene rings is 2. The molecular formula is C46H53N9O6. The lowest BCUT2D eigenvalue weighted by molar-refractivity contribution is -0.139. The maximum atomic E-state index is 14.0. The monoisotopic (exact) mass is 827 g/mol. The summed E-state index contributed by atoms with van der Waals surface area (Å²) in [4.78, 5) is 77.3. The molecule has 0 spiro atoms. The molecule has 2 saturated carbocycles. The summed E-state index contributed by atoms with van der Waals surface area (Å²) in [5, 5.41) is 6.49. The highest BCUT2D eigenvalue weighted by Gasteiger charge is 2.56. The van der Waals surface area contributed by atoms with Crippen molar-refractivity contribution in [3.63, 3.8) is 0 Å². The number of carbonyl (C=O) groups excluding carboxylic acids is 4. The number of ether oxygens (including phenoxy) is 2. The number of nitrogens with one attached hydrogen (secondary N) is 4. The molecular weight excluding hydrogens is 775 g/mol. The highest BCUT2D eigenvalue weighted by atomic mass is 16.5. The SMILES string of the molecule is COC(=O)N[C@H](C(=O)N1[C@@H]2CC2C[C@H]1c1ncc(-c2ccc3cc(-c4ccc(-c5cnc([C@@H]6C[C@H]7CC[C@H]7N6C(=O)[C@@H](NC(=O)OC)C(C)C)[nH]5)cc4)ccc3n2)[nH]1)C(C)C. The summed E-state index contributed by atoms with van der Waals surface area (Å²) in [5.74, 6) is 1.91. The van der Waals surface area contributed by atoms with E-state index in [1.54, 1.807) is 6.20 Å². The number of imidazole rings is 2. The lowest BCUT2D eigenvalue weighted by atomic mass is 9.80. The average molecular weight is 828 g/mol. The zero-order chi connectivity index (χ0) is 42.7. The molecule has 3 aromatic heterocycles. The van der Waals surface area contributed by atoms with Crippen LogP contribution in [0.5, 0.6) is 0 Å². The van der Waals surface area contributed by atoms with Crippen LogP contribution in [0.15, 0.2) is 67.0 Å². The van der Waals surface area contributed by atoms with Crippen LogP contribution in [0.3, 0.4) is 0 Å². The number of aromatic amines is 2. The van der Waals surface area contributed by atoms with Crippen molar-refractivity contribution in [3.05, 3.63) is 78.6 Å². The van der Waals surface area contributed by atoms with Gasteiger partial charge in [-0.1, -0.05) is 64.1 Å². The number of piperidine rings is 1. The Kier molecular flexibility index (Phi) is 10.5. The van der Waals surface area contributed by atoms with Gasteiger partial charge in [-0.05, 0) is 90.7 Å². The van der Waals surface area contributed by atoms with E-state index in [1.807, 2.05) is 55.8 Å². The summed E-state index contributed by atoms with van der Waals surface area (Å²) in [5.41, 5.74) is 6.35. The van der Waals surface area contributed by atoms with Crippen LogP contribution in [0.4, 0.5) is 9.59 Å². The zero-order valence-electron chi connectivity index (χ0n) is 35.3. The predicted octanol–water partition coefficient (Wildman–Crippen LogP) is 7.16. The smallest absolute Gasteiger partial charge is 0.407 e. The van der Waals surface area contributed by atoms with E-state index in [0.717, 1.165) is 88.4 Å². The van der Waals surface area contributed by atoms with E-state index in [2.05, 4.69) is 63.1 Å². The number of hydrogen-bond acceptors (Lipinski definition) is 9. The molecule has 15 heteroatoms. The molecule has 2 saturated heterocycles. The third-order valence-corrected chi connectivity index (χ3v) is 13.3. The van der Waals surface area contributed by atoms with Gasteiger partial charge in [-0.15, -0.1) is 0 Å². The minimum absolute atomic E-state index is 0.0953. The molecule has 1 unspecified atom stereocenters. The highest BCUT2D eigenvalue weighted by molar-refractivity contribution is 5.89. The highest BCUT2D eigenvalue weighted by Crippen LogP contribution is 2.53. The number of likely N-dealkylation sites (tertiary alicyclic amines) is 2. The molecule has 5 aromatic rings. The molecule has 0 bridgehead atoms. The Labute approximate surface area is 354 Å². The second kappa shape index (κ2) is 16.0. The number of rotatable bonds is 11. The van der Waals surface area contributed by atoms with Crippen molar-refractivity contribution in [2.24, 2.45) is 23.7 Å². The van der Waals surface area contributed by atoms with E-state index >= 15 is 0 Å². The van der Waals surface area contributed by atoms with Gasteiger partial charge in [-0.25, -0.2) is 24.5 Å². The molecule has 318 valence electrons. The second-order valence-electron chi connectivity index (χ2n) is 17.7. The predicted molar refractivity (Wildman–Crippen MR) is 227 cm³/mol. The largest absolute Gasteiger partial charge is 0.453 e. The minimum atomic E-state index is -0.690. The molecule has 2 aliphatic carbocycles. The number of methoxy groups -OCH3 is 2. The third kappa shape index (κ3) is 7.48.